The fraction of sp³-hybridized carbons (Fsp3) is 0.412. The first kappa shape index (κ1) is 15.7. The number of aliphatic hydroxyl groups excluding tert-OH is 1. The molecule has 2 aromatic rings. The van der Waals surface area contributed by atoms with Crippen LogP contribution < -0.4 is 5.32 Å². The first-order valence-electron chi connectivity index (χ1n) is 7.82. The van der Waals surface area contributed by atoms with Crippen LogP contribution >= 0.6 is 0 Å². The molecule has 2 heterocycles. The molecule has 1 aromatic carbocycles. The lowest BCUT2D eigenvalue weighted by Gasteiger charge is -2.10. The number of anilines is 1. The van der Waals surface area contributed by atoms with Crippen LogP contribution in [0.4, 0.5) is 5.82 Å². The number of aliphatic hydroxyl groups is 1. The number of aryl methyl sites for hydroxylation is 1. The van der Waals surface area contributed by atoms with Crippen molar-refractivity contribution in [2.45, 2.75) is 19.9 Å². The van der Waals surface area contributed by atoms with E-state index in [4.69, 9.17) is 4.74 Å². The Morgan fingerprint density at radius 2 is 2.30 bits per heavy atom. The third kappa shape index (κ3) is 3.43. The summed E-state index contributed by atoms with van der Waals surface area (Å²) < 4.78 is 6.90. The molecule has 6 heteroatoms. The van der Waals surface area contributed by atoms with Crippen molar-refractivity contribution in [3.05, 3.63) is 35.9 Å². The normalized spacial score (nSPS) is 17.4. The van der Waals surface area contributed by atoms with Crippen molar-refractivity contribution >= 4 is 11.7 Å². The molecule has 0 radical (unpaired) electrons. The van der Waals surface area contributed by atoms with Crippen LogP contribution in [0.2, 0.25) is 0 Å². The largest absolute Gasteiger partial charge is 0.394 e. The van der Waals surface area contributed by atoms with E-state index in [0.29, 0.717) is 25.6 Å². The maximum absolute atomic E-state index is 12.3. The number of ether oxygens (including phenoxy) is 1. The lowest BCUT2D eigenvalue weighted by molar-refractivity contribution is -0.119. The summed E-state index contributed by atoms with van der Waals surface area (Å²) in [6.07, 6.45) is 0.741. The number of nitrogens with zero attached hydrogens (tertiary/aromatic N) is 2. The lowest BCUT2D eigenvalue weighted by Crippen LogP contribution is -2.24. The van der Waals surface area contributed by atoms with Crippen LogP contribution in [0.1, 0.15) is 12.0 Å². The number of hydrogen-bond donors (Lipinski definition) is 2. The van der Waals surface area contributed by atoms with Crippen LogP contribution in [0, 0.1) is 12.8 Å². The van der Waals surface area contributed by atoms with Crippen LogP contribution in [-0.4, -0.2) is 40.6 Å². The molecule has 1 saturated heterocycles. The minimum absolute atomic E-state index is 0.0374. The fourth-order valence-corrected chi connectivity index (χ4v) is 2.74. The van der Waals surface area contributed by atoms with Gasteiger partial charge in [0.2, 0.25) is 5.91 Å². The summed E-state index contributed by atoms with van der Waals surface area (Å²) in [5, 5.41) is 16.7. The van der Waals surface area contributed by atoms with Crippen molar-refractivity contribution < 1.29 is 14.6 Å². The van der Waals surface area contributed by atoms with Crippen molar-refractivity contribution in [2.24, 2.45) is 5.92 Å². The second-order valence-electron chi connectivity index (χ2n) is 5.73. The Bertz CT molecular complexity index is 690. The molecular formula is C17H21N3O3. The van der Waals surface area contributed by atoms with E-state index in [2.05, 4.69) is 10.4 Å². The molecule has 1 atom stereocenters. The Morgan fingerprint density at radius 3 is 3.00 bits per heavy atom. The summed E-state index contributed by atoms with van der Waals surface area (Å²) in [5.41, 5.74) is 2.92. The van der Waals surface area contributed by atoms with E-state index in [9.17, 15) is 9.90 Å². The summed E-state index contributed by atoms with van der Waals surface area (Å²) in [4.78, 5) is 12.3. The Hall–Kier alpha value is -2.18. The molecule has 3 rings (SSSR count). The molecule has 6 nitrogen and oxygen atoms in total. The van der Waals surface area contributed by atoms with Gasteiger partial charge >= 0.3 is 0 Å². The minimum atomic E-state index is -0.116. The van der Waals surface area contributed by atoms with Gasteiger partial charge in [-0.1, -0.05) is 24.3 Å². The van der Waals surface area contributed by atoms with Crippen molar-refractivity contribution in [2.75, 3.05) is 25.1 Å². The van der Waals surface area contributed by atoms with Gasteiger partial charge in [-0.05, 0) is 18.9 Å². The quantitative estimate of drug-likeness (QED) is 0.882. The number of hydrogen-bond acceptors (Lipinski definition) is 4. The molecule has 1 amide bonds. The highest BCUT2D eigenvalue weighted by molar-refractivity contribution is 5.92. The van der Waals surface area contributed by atoms with Gasteiger partial charge in [0.25, 0.3) is 0 Å². The van der Waals surface area contributed by atoms with Gasteiger partial charge in [-0.3, -0.25) is 4.79 Å². The molecule has 0 saturated carbocycles. The van der Waals surface area contributed by atoms with E-state index in [1.807, 2.05) is 37.3 Å². The summed E-state index contributed by atoms with van der Waals surface area (Å²) in [6.45, 7) is 3.41. The van der Waals surface area contributed by atoms with Crippen LogP contribution in [0.3, 0.4) is 0 Å². The maximum atomic E-state index is 12.3. The Morgan fingerprint density at radius 1 is 1.48 bits per heavy atom. The van der Waals surface area contributed by atoms with Gasteiger partial charge < -0.3 is 15.2 Å². The van der Waals surface area contributed by atoms with E-state index in [1.165, 1.54) is 0 Å². The molecule has 1 aliphatic heterocycles. The SMILES string of the molecule is Cc1ccccc1-c1cc(NC(=O)C2CCOC2)n(CCO)n1. The maximum Gasteiger partial charge on any atom is 0.231 e. The average molecular weight is 315 g/mol. The molecule has 1 aliphatic rings. The van der Waals surface area contributed by atoms with Gasteiger partial charge in [-0.2, -0.15) is 5.10 Å². The lowest BCUT2D eigenvalue weighted by atomic mass is 10.1. The predicted molar refractivity (Wildman–Crippen MR) is 87.0 cm³/mol. The molecule has 1 aromatic heterocycles. The summed E-state index contributed by atoms with van der Waals surface area (Å²) in [6, 6.07) is 9.81. The number of amides is 1. The van der Waals surface area contributed by atoms with Crippen LogP contribution in [-0.2, 0) is 16.1 Å². The zero-order valence-electron chi connectivity index (χ0n) is 13.2. The molecule has 2 N–H and O–H groups in total. The smallest absolute Gasteiger partial charge is 0.231 e. The number of aromatic nitrogens is 2. The van der Waals surface area contributed by atoms with Gasteiger partial charge in [0.15, 0.2) is 0 Å². The van der Waals surface area contributed by atoms with Gasteiger partial charge in [-0.15, -0.1) is 0 Å². The Kier molecular flexibility index (Phi) is 4.73. The van der Waals surface area contributed by atoms with Crippen molar-refractivity contribution in [1.82, 2.24) is 9.78 Å². The van der Waals surface area contributed by atoms with Crippen molar-refractivity contribution in [3.63, 3.8) is 0 Å². The van der Waals surface area contributed by atoms with Gasteiger partial charge in [0.05, 0.1) is 31.4 Å². The van der Waals surface area contributed by atoms with E-state index in [1.54, 1.807) is 4.68 Å². The van der Waals surface area contributed by atoms with Crippen molar-refractivity contribution in [1.29, 1.82) is 0 Å². The highest BCUT2D eigenvalue weighted by Gasteiger charge is 2.24. The second-order valence-corrected chi connectivity index (χ2v) is 5.73. The van der Waals surface area contributed by atoms with Crippen LogP contribution in [0.15, 0.2) is 30.3 Å². The molecule has 0 spiro atoms. The van der Waals surface area contributed by atoms with Gasteiger partial charge in [0.1, 0.15) is 5.82 Å². The van der Waals surface area contributed by atoms with E-state index in [-0.39, 0.29) is 18.4 Å². The topological polar surface area (TPSA) is 76.4 Å². The number of rotatable bonds is 5. The summed E-state index contributed by atoms with van der Waals surface area (Å²) >= 11 is 0. The Balaban J connectivity index is 1.86. The predicted octanol–water partition coefficient (Wildman–Crippen LogP) is 1.83. The van der Waals surface area contributed by atoms with Gasteiger partial charge in [-0.25, -0.2) is 4.68 Å². The highest BCUT2D eigenvalue weighted by Crippen LogP contribution is 2.25. The second kappa shape index (κ2) is 6.93. The number of nitrogens with one attached hydrogen (secondary N) is 1. The third-order valence-corrected chi connectivity index (χ3v) is 4.06. The molecule has 1 unspecified atom stereocenters. The first-order chi connectivity index (χ1) is 11.2. The molecule has 23 heavy (non-hydrogen) atoms. The average Bonchev–Trinajstić information content (AvgIpc) is 3.19. The number of carbonyl (C=O) groups excluding carboxylic acids is 1. The first-order valence-corrected chi connectivity index (χ1v) is 7.82. The zero-order valence-corrected chi connectivity index (χ0v) is 13.2. The monoisotopic (exact) mass is 315 g/mol. The summed E-state index contributed by atoms with van der Waals surface area (Å²) in [5.74, 6) is 0.432. The molecule has 1 fully saturated rings. The fourth-order valence-electron chi connectivity index (χ4n) is 2.74. The van der Waals surface area contributed by atoms with Gasteiger partial charge in [0, 0.05) is 18.2 Å². The third-order valence-electron chi connectivity index (χ3n) is 4.06. The Labute approximate surface area is 135 Å². The van der Waals surface area contributed by atoms with E-state index in [0.717, 1.165) is 23.2 Å². The standard InChI is InChI=1S/C17H21N3O3/c1-12-4-2-3-5-14(12)15-10-16(20(19-15)7-8-21)18-17(22)13-6-9-23-11-13/h2-5,10,13,21H,6-9,11H2,1H3,(H,18,22). The number of benzene rings is 1. The van der Waals surface area contributed by atoms with Crippen molar-refractivity contribution in [3.8, 4) is 11.3 Å². The van der Waals surface area contributed by atoms with Crippen LogP contribution in [0.25, 0.3) is 11.3 Å². The number of carbonyl (C=O) groups is 1. The molecule has 0 aliphatic carbocycles. The summed E-state index contributed by atoms with van der Waals surface area (Å²) in [7, 11) is 0. The minimum Gasteiger partial charge on any atom is -0.394 e. The highest BCUT2D eigenvalue weighted by atomic mass is 16.5. The molecule has 0 bridgehead atoms. The van der Waals surface area contributed by atoms with E-state index < -0.39 is 0 Å². The molecule has 122 valence electrons. The van der Waals surface area contributed by atoms with Crippen LogP contribution in [0.5, 0.6) is 0 Å². The van der Waals surface area contributed by atoms with E-state index >= 15 is 0 Å². The molecular weight excluding hydrogens is 294 g/mol. The zero-order chi connectivity index (χ0) is 16.2.